The molecule has 1 aliphatic heterocycles. The van der Waals surface area contributed by atoms with E-state index in [4.69, 9.17) is 30.9 Å². The Kier molecular flexibility index (Phi) is 12.4. The number of rotatable bonds is 13. The van der Waals surface area contributed by atoms with Crippen molar-refractivity contribution in [1.82, 2.24) is 9.73 Å². The van der Waals surface area contributed by atoms with Crippen LogP contribution in [0.15, 0.2) is 93.9 Å². The number of hydrogen-bond acceptors (Lipinski definition) is 7. The van der Waals surface area contributed by atoms with Gasteiger partial charge < -0.3 is 14.2 Å². The second-order valence-electron chi connectivity index (χ2n) is 9.92. The maximum Gasteiger partial charge on any atom is 0.416 e. The Balaban J connectivity index is 1.61. The molecule has 1 heterocycles. The zero-order chi connectivity index (χ0) is 32.3. The summed E-state index contributed by atoms with van der Waals surface area (Å²) in [5.74, 6) is -0.189. The van der Waals surface area contributed by atoms with E-state index in [1.165, 1.54) is 5.01 Å². The van der Waals surface area contributed by atoms with E-state index in [1.807, 2.05) is 42.5 Å². The summed E-state index contributed by atoms with van der Waals surface area (Å²) >= 11 is 6.14. The van der Waals surface area contributed by atoms with Crippen LogP contribution in [0.4, 0.5) is 13.2 Å². The molecule has 1 aliphatic rings. The van der Waals surface area contributed by atoms with Crippen LogP contribution in [0, 0.1) is 0 Å². The van der Waals surface area contributed by atoms with E-state index in [9.17, 15) is 21.6 Å². The number of guanidine groups is 1. The van der Waals surface area contributed by atoms with Crippen molar-refractivity contribution in [2.24, 2.45) is 10.1 Å². The molecule has 45 heavy (non-hydrogen) atoms. The van der Waals surface area contributed by atoms with Crippen molar-refractivity contribution in [2.45, 2.75) is 23.4 Å². The predicted molar refractivity (Wildman–Crippen MR) is 166 cm³/mol. The zero-order valence-electron chi connectivity index (χ0n) is 24.5. The average molecular weight is 667 g/mol. The highest BCUT2D eigenvalue weighted by Gasteiger charge is 2.32. The van der Waals surface area contributed by atoms with Crippen LogP contribution in [0.3, 0.4) is 0 Å². The van der Waals surface area contributed by atoms with Crippen LogP contribution in [0.2, 0.25) is 5.02 Å². The lowest BCUT2D eigenvalue weighted by Gasteiger charge is -2.32. The molecule has 0 spiro atoms. The summed E-state index contributed by atoms with van der Waals surface area (Å²) in [6.07, 6.45) is -4.03. The number of alkyl halides is 3. The lowest BCUT2D eigenvalue weighted by molar-refractivity contribution is -0.137. The van der Waals surface area contributed by atoms with Crippen molar-refractivity contribution in [3.63, 3.8) is 0 Å². The molecule has 0 aromatic heterocycles. The van der Waals surface area contributed by atoms with Gasteiger partial charge in [0.2, 0.25) is 5.96 Å². The molecular weight excluding hydrogens is 633 g/mol. The zero-order valence-corrected chi connectivity index (χ0v) is 26.1. The van der Waals surface area contributed by atoms with Gasteiger partial charge >= 0.3 is 6.18 Å². The number of nitrogens with one attached hydrogen (secondary N) is 1. The van der Waals surface area contributed by atoms with Crippen LogP contribution in [0.1, 0.15) is 29.0 Å². The van der Waals surface area contributed by atoms with Crippen molar-refractivity contribution in [1.29, 1.82) is 0 Å². The summed E-state index contributed by atoms with van der Waals surface area (Å²) < 4.78 is 84.3. The fraction of sp³-hybridized carbons (Fsp3) is 0.355. The molecule has 0 radical (unpaired) electrons. The van der Waals surface area contributed by atoms with Gasteiger partial charge in [-0.2, -0.15) is 18.3 Å². The molecule has 0 amide bonds. The monoisotopic (exact) mass is 666 g/mol. The first-order valence-corrected chi connectivity index (χ1v) is 16.0. The highest BCUT2D eigenvalue weighted by Crippen LogP contribution is 2.31. The van der Waals surface area contributed by atoms with E-state index in [2.05, 4.69) is 9.71 Å². The smallest absolute Gasteiger partial charge is 0.382 e. The predicted octanol–water partition coefficient (Wildman–Crippen LogP) is 5.57. The first-order chi connectivity index (χ1) is 21.6. The second kappa shape index (κ2) is 16.2. The number of aliphatic imine (C=N–C) groups is 1. The van der Waals surface area contributed by atoms with Gasteiger partial charge in [-0.15, -0.1) is 0 Å². The summed E-state index contributed by atoms with van der Waals surface area (Å²) in [6, 6.07) is 20.2. The number of hydrazone groups is 1. The van der Waals surface area contributed by atoms with Gasteiger partial charge in [-0.3, -0.25) is 0 Å². The van der Waals surface area contributed by atoms with E-state index in [0.29, 0.717) is 50.1 Å². The van der Waals surface area contributed by atoms with E-state index >= 15 is 0 Å². The van der Waals surface area contributed by atoms with Gasteiger partial charge in [-0.1, -0.05) is 54.1 Å². The fourth-order valence-corrected chi connectivity index (χ4v) is 5.68. The highest BCUT2D eigenvalue weighted by atomic mass is 35.5. The van der Waals surface area contributed by atoms with Crippen LogP contribution in [0.5, 0.6) is 0 Å². The molecule has 1 N–H and O–H groups in total. The van der Waals surface area contributed by atoms with Crippen molar-refractivity contribution in [3.8, 4) is 0 Å². The molecule has 242 valence electrons. The maximum atomic E-state index is 13.4. The van der Waals surface area contributed by atoms with Crippen LogP contribution in [-0.4, -0.2) is 78.3 Å². The number of benzene rings is 3. The van der Waals surface area contributed by atoms with Crippen molar-refractivity contribution in [3.05, 3.63) is 101 Å². The third kappa shape index (κ3) is 10.00. The summed E-state index contributed by atoms with van der Waals surface area (Å²) in [7, 11) is -2.76. The Hall–Kier alpha value is -3.49. The molecule has 9 nitrogen and oxygen atoms in total. The van der Waals surface area contributed by atoms with Crippen molar-refractivity contribution < 1.29 is 35.8 Å². The number of hydrogen-bond donors (Lipinski definition) is 1. The number of halogens is 4. The molecule has 3 aromatic carbocycles. The summed E-state index contributed by atoms with van der Waals surface area (Å²) in [4.78, 5) is 4.11. The lowest BCUT2D eigenvalue weighted by atomic mass is 9.86. The van der Waals surface area contributed by atoms with Crippen LogP contribution < -0.4 is 4.72 Å². The Labute approximate surface area is 265 Å². The Morgan fingerprint density at radius 3 is 2.24 bits per heavy atom. The fourth-order valence-electron chi connectivity index (χ4n) is 4.53. The standard InChI is InChI=1S/C31H34ClF3N4O5S/c1-42-19-20-44-22-21-43-18-16-36-30(38-45(40,41)27-13-9-25(10-14-27)31(33,34)35)39-17-15-28(23-5-3-2-4-6-23)29(37-39)24-7-11-26(32)12-8-24/h2-14,28H,15-22H2,1H3,(H,36,38). The van der Waals surface area contributed by atoms with Gasteiger partial charge in [0, 0.05) is 24.6 Å². The number of ether oxygens (including phenoxy) is 3. The van der Waals surface area contributed by atoms with Crippen molar-refractivity contribution in [2.75, 3.05) is 53.2 Å². The minimum Gasteiger partial charge on any atom is -0.382 e. The number of nitrogens with zero attached hydrogens (tertiary/aromatic N) is 3. The van der Waals surface area contributed by atoms with Crippen LogP contribution >= 0.6 is 11.6 Å². The molecule has 4 rings (SSSR count). The summed E-state index contributed by atoms with van der Waals surface area (Å²) in [6.45, 7) is 2.09. The molecule has 1 unspecified atom stereocenters. The van der Waals surface area contributed by atoms with Gasteiger partial charge in [0.1, 0.15) is 0 Å². The minimum atomic E-state index is -4.60. The van der Waals surface area contributed by atoms with Gasteiger partial charge in [-0.05, 0) is 53.9 Å². The first-order valence-electron chi connectivity index (χ1n) is 14.1. The molecular formula is C31H34ClF3N4O5S. The quantitative estimate of drug-likeness (QED) is 0.146. The molecule has 0 saturated carbocycles. The molecule has 3 aromatic rings. The largest absolute Gasteiger partial charge is 0.416 e. The van der Waals surface area contributed by atoms with Crippen LogP contribution in [0.25, 0.3) is 0 Å². The van der Waals surface area contributed by atoms with E-state index < -0.39 is 21.8 Å². The average Bonchev–Trinajstić information content (AvgIpc) is 3.03. The third-order valence-corrected chi connectivity index (χ3v) is 8.39. The van der Waals surface area contributed by atoms with Gasteiger partial charge in [0.25, 0.3) is 10.0 Å². The topological polar surface area (TPSA) is 102 Å². The van der Waals surface area contributed by atoms with Crippen molar-refractivity contribution >= 4 is 33.3 Å². The maximum absolute atomic E-state index is 13.4. The highest BCUT2D eigenvalue weighted by molar-refractivity contribution is 7.90. The third-order valence-electron chi connectivity index (χ3n) is 6.79. The number of methoxy groups -OCH3 is 1. The number of sulfonamides is 1. The Bertz CT molecular complexity index is 1540. The normalized spacial score (nSPS) is 16.0. The summed E-state index contributed by atoms with van der Waals surface area (Å²) in [5.41, 5.74) is 1.55. The molecule has 1 atom stereocenters. The first kappa shape index (κ1) is 34.4. The minimum absolute atomic E-state index is 0.0767. The molecule has 0 fully saturated rings. The van der Waals surface area contributed by atoms with Gasteiger partial charge in [0.15, 0.2) is 0 Å². The molecule has 0 saturated heterocycles. The summed E-state index contributed by atoms with van der Waals surface area (Å²) in [5, 5.41) is 6.86. The van der Waals surface area contributed by atoms with Gasteiger partial charge in [0.05, 0.1) is 55.7 Å². The molecule has 0 bridgehead atoms. The Morgan fingerprint density at radius 2 is 1.60 bits per heavy atom. The van der Waals surface area contributed by atoms with E-state index in [1.54, 1.807) is 19.2 Å². The molecule has 14 heteroatoms. The van der Waals surface area contributed by atoms with E-state index in [-0.39, 0.29) is 29.9 Å². The lowest BCUT2D eigenvalue weighted by Crippen LogP contribution is -2.45. The Morgan fingerprint density at radius 1 is 0.956 bits per heavy atom. The van der Waals surface area contributed by atoms with Gasteiger partial charge in [-0.25, -0.2) is 23.1 Å². The van der Waals surface area contributed by atoms with E-state index in [0.717, 1.165) is 35.4 Å². The van der Waals surface area contributed by atoms with Crippen LogP contribution in [-0.2, 0) is 30.4 Å². The molecule has 0 aliphatic carbocycles. The SMILES string of the molecule is COCCOCCOCCN=C(NS(=O)(=O)c1ccc(C(F)(F)F)cc1)N1CCC(c2ccccc2)C(c2ccc(Cl)cc2)=N1. The second-order valence-corrected chi connectivity index (χ2v) is 12.0.